The van der Waals surface area contributed by atoms with Crippen LogP contribution in [0.4, 0.5) is 5.69 Å². The van der Waals surface area contributed by atoms with Crippen molar-refractivity contribution in [2.45, 2.75) is 33.6 Å². The molecule has 2 atom stereocenters. The number of amidine groups is 1. The summed E-state index contributed by atoms with van der Waals surface area (Å²) in [6.45, 7) is 7.94. The van der Waals surface area contributed by atoms with Gasteiger partial charge in [0.25, 0.3) is 0 Å². The molecular formula is C22H29N3S. The number of benzene rings is 2. The molecule has 0 amide bonds. The number of nitrogens with one attached hydrogen (secondary N) is 1. The van der Waals surface area contributed by atoms with Crippen LogP contribution in [0.15, 0.2) is 47.5 Å². The highest BCUT2D eigenvalue weighted by molar-refractivity contribution is 8.14. The molecule has 3 N–H and O–H groups in total. The molecule has 3 nitrogen and oxygen atoms in total. The van der Waals surface area contributed by atoms with E-state index in [0.29, 0.717) is 5.84 Å². The molecule has 138 valence electrons. The Morgan fingerprint density at radius 3 is 2.50 bits per heavy atom. The van der Waals surface area contributed by atoms with Crippen LogP contribution in [0.1, 0.15) is 42.0 Å². The lowest BCUT2D eigenvalue weighted by Gasteiger charge is -2.24. The van der Waals surface area contributed by atoms with E-state index in [4.69, 9.17) is 11.1 Å². The summed E-state index contributed by atoms with van der Waals surface area (Å²) in [5.74, 6) is 6.68. The lowest BCUT2D eigenvalue weighted by atomic mass is 9.88. The normalized spacial score (nSPS) is 14.1. The van der Waals surface area contributed by atoms with Crippen LogP contribution in [-0.2, 0) is 0 Å². The molecule has 0 heterocycles. The van der Waals surface area contributed by atoms with Crippen LogP contribution in [0, 0.1) is 19.3 Å². The molecule has 0 radical (unpaired) electrons. The van der Waals surface area contributed by atoms with E-state index in [9.17, 15) is 0 Å². The quantitative estimate of drug-likeness (QED) is 0.314. The van der Waals surface area contributed by atoms with Gasteiger partial charge in [-0.1, -0.05) is 47.8 Å². The highest BCUT2D eigenvalue weighted by Crippen LogP contribution is 2.35. The second-order valence-corrected chi connectivity index (χ2v) is 8.74. The summed E-state index contributed by atoms with van der Waals surface area (Å²) < 4.78 is 0. The smallest absolute Gasteiger partial charge is 0.117 e. The fraction of sp³-hybridized carbons (Fsp3) is 0.318. The fourth-order valence-corrected chi connectivity index (χ4v) is 4.83. The average molecular weight is 368 g/mol. The van der Waals surface area contributed by atoms with Gasteiger partial charge in [-0.05, 0) is 56.2 Å². The molecule has 0 fully saturated rings. The van der Waals surface area contributed by atoms with Crippen LogP contribution in [0.5, 0.6) is 0 Å². The van der Waals surface area contributed by atoms with E-state index in [1.807, 2.05) is 13.0 Å². The van der Waals surface area contributed by atoms with Crippen molar-refractivity contribution in [3.63, 3.8) is 0 Å². The highest BCUT2D eigenvalue weighted by Gasteiger charge is 2.19. The van der Waals surface area contributed by atoms with E-state index in [2.05, 4.69) is 61.1 Å². The Hall–Kier alpha value is -2.20. The van der Waals surface area contributed by atoms with Gasteiger partial charge in [-0.15, -0.1) is 0 Å². The Labute approximate surface area is 159 Å². The first-order chi connectivity index (χ1) is 12.3. The molecule has 2 rings (SSSR count). The largest absolute Gasteiger partial charge is 0.398 e. The Morgan fingerprint density at radius 2 is 1.85 bits per heavy atom. The van der Waals surface area contributed by atoms with E-state index in [1.54, 1.807) is 6.92 Å². The first-order valence-corrected chi connectivity index (χ1v) is 10.5. The monoisotopic (exact) mass is 367 g/mol. The predicted octanol–water partition coefficient (Wildman–Crippen LogP) is 5.18. The zero-order valence-electron chi connectivity index (χ0n) is 16.2. The number of nitrogens with zero attached hydrogens (tertiary/aromatic N) is 1. The third kappa shape index (κ3) is 5.40. The predicted molar refractivity (Wildman–Crippen MR) is 120 cm³/mol. The zero-order chi connectivity index (χ0) is 19.3. The number of nitrogen functional groups attached to an aromatic ring is 1. The molecule has 0 aliphatic heterocycles. The maximum absolute atomic E-state index is 7.54. The lowest BCUT2D eigenvalue weighted by molar-refractivity contribution is 0.925. The summed E-state index contributed by atoms with van der Waals surface area (Å²) in [5, 5.41) is 7.54. The number of aliphatic imine (C=N–C) groups is 1. The van der Waals surface area contributed by atoms with Crippen molar-refractivity contribution < 1.29 is 0 Å². The molecule has 4 heteroatoms. The van der Waals surface area contributed by atoms with Gasteiger partial charge in [0.1, 0.15) is 5.84 Å². The van der Waals surface area contributed by atoms with E-state index < -0.39 is 0 Å². The lowest BCUT2D eigenvalue weighted by Crippen LogP contribution is -2.12. The minimum atomic E-state index is -0.104. The fourth-order valence-electron chi connectivity index (χ4n) is 3.23. The van der Waals surface area contributed by atoms with Gasteiger partial charge in [0.05, 0.1) is 0 Å². The number of hydrogen-bond donors (Lipinski definition) is 2. The summed E-state index contributed by atoms with van der Waals surface area (Å²) in [4.78, 5) is 4.26. The van der Waals surface area contributed by atoms with Gasteiger partial charge in [0.15, 0.2) is 0 Å². The number of aryl methyl sites for hydroxylation is 2. The van der Waals surface area contributed by atoms with Crippen molar-refractivity contribution in [2.24, 2.45) is 4.99 Å². The molecule has 0 spiro atoms. The Bertz CT molecular complexity index is 852. The van der Waals surface area contributed by atoms with Gasteiger partial charge in [-0.2, -0.15) is 10.5 Å². The summed E-state index contributed by atoms with van der Waals surface area (Å²) in [6, 6.07) is 14.8. The third-order valence-electron chi connectivity index (χ3n) is 4.36. The second kappa shape index (κ2) is 8.95. The van der Waals surface area contributed by atoms with Crippen molar-refractivity contribution >= 4 is 33.6 Å². The third-order valence-corrected chi connectivity index (χ3v) is 5.99. The van der Waals surface area contributed by atoms with Crippen molar-refractivity contribution in [1.29, 1.82) is 5.41 Å². The Morgan fingerprint density at radius 1 is 1.15 bits per heavy atom. The molecule has 0 bridgehead atoms. The summed E-state index contributed by atoms with van der Waals surface area (Å²) >= 11 is 0. The molecular weight excluding hydrogens is 338 g/mol. The average Bonchev–Trinajstić information content (AvgIpc) is 2.55. The molecule has 26 heavy (non-hydrogen) atoms. The first kappa shape index (κ1) is 20.1. The van der Waals surface area contributed by atoms with Gasteiger partial charge in [0.2, 0.25) is 0 Å². The number of hydrogen-bond acceptors (Lipinski definition) is 2. The Balaban J connectivity index is 2.39. The molecule has 0 aliphatic rings. The molecule has 0 aromatic heterocycles. The van der Waals surface area contributed by atoms with Gasteiger partial charge in [-0.3, -0.25) is 5.41 Å². The molecule has 0 saturated heterocycles. The van der Waals surface area contributed by atoms with Gasteiger partial charge in [0, 0.05) is 23.1 Å². The van der Waals surface area contributed by atoms with Gasteiger partial charge >= 0.3 is 0 Å². The molecule has 2 unspecified atom stereocenters. The van der Waals surface area contributed by atoms with E-state index in [0.717, 1.165) is 22.9 Å². The van der Waals surface area contributed by atoms with Crippen molar-refractivity contribution in [2.75, 3.05) is 17.2 Å². The summed E-state index contributed by atoms with van der Waals surface area (Å²) in [5.41, 5.74) is 13.1. The topological polar surface area (TPSA) is 62.2 Å². The maximum Gasteiger partial charge on any atom is 0.117 e. The van der Waals surface area contributed by atoms with Crippen LogP contribution in [0.2, 0.25) is 0 Å². The standard InChI is InChI=1S/C22H29N3S/c1-15-10-11-22(24)20(12-15)21(19-9-7-6-8-16(19)2)14-26(5)13-17(3)25-18(4)23/h6-12,21,23H,5,13-14,24H2,1-4H3. The highest BCUT2D eigenvalue weighted by atomic mass is 32.2. The van der Waals surface area contributed by atoms with E-state index >= 15 is 0 Å². The number of rotatable bonds is 6. The summed E-state index contributed by atoms with van der Waals surface area (Å²) in [7, 11) is -0.104. The molecule has 0 aliphatic carbocycles. The molecule has 0 saturated carbocycles. The Kier molecular flexibility index (Phi) is 6.92. The van der Waals surface area contributed by atoms with Crippen molar-refractivity contribution in [3.8, 4) is 0 Å². The van der Waals surface area contributed by atoms with Crippen LogP contribution in [0.25, 0.3) is 0 Å². The minimum Gasteiger partial charge on any atom is -0.398 e. The van der Waals surface area contributed by atoms with Crippen molar-refractivity contribution in [1.82, 2.24) is 0 Å². The molecule has 2 aromatic carbocycles. The van der Waals surface area contributed by atoms with Gasteiger partial charge < -0.3 is 5.73 Å². The van der Waals surface area contributed by atoms with Crippen LogP contribution in [-0.4, -0.2) is 28.9 Å². The minimum absolute atomic E-state index is 0.104. The van der Waals surface area contributed by atoms with E-state index in [-0.39, 0.29) is 16.4 Å². The van der Waals surface area contributed by atoms with Crippen LogP contribution >= 0.6 is 10.5 Å². The number of anilines is 1. The van der Waals surface area contributed by atoms with Gasteiger partial charge in [-0.25, -0.2) is 4.99 Å². The zero-order valence-corrected chi connectivity index (χ0v) is 17.0. The van der Waals surface area contributed by atoms with Crippen LogP contribution in [0.3, 0.4) is 0 Å². The van der Waals surface area contributed by atoms with E-state index in [1.165, 1.54) is 22.3 Å². The maximum atomic E-state index is 7.54. The first-order valence-electron chi connectivity index (χ1n) is 8.76. The SMILES string of the molecule is C=S(CC(C)=NC(C)=N)CC(c1ccccc1C)c1cc(C)ccc1N. The van der Waals surface area contributed by atoms with Crippen LogP contribution < -0.4 is 5.73 Å². The summed E-state index contributed by atoms with van der Waals surface area (Å²) in [6.07, 6.45) is 0. The molecule has 2 aromatic rings. The number of nitrogens with two attached hydrogens (primary N) is 1. The second-order valence-electron chi connectivity index (χ2n) is 6.90. The van der Waals surface area contributed by atoms with Crippen molar-refractivity contribution in [3.05, 3.63) is 64.7 Å².